The highest BCUT2D eigenvalue weighted by Gasteiger charge is 2.21. The Kier molecular flexibility index (Phi) is 4.70. The third kappa shape index (κ3) is 3.78. The number of methoxy groups -OCH3 is 1. The van der Waals surface area contributed by atoms with Crippen LogP contribution in [0.5, 0.6) is 0 Å². The third-order valence-corrected chi connectivity index (χ3v) is 3.38. The first-order chi connectivity index (χ1) is 10.4. The van der Waals surface area contributed by atoms with Crippen molar-refractivity contribution in [2.75, 3.05) is 19.0 Å². The molecule has 0 radical (unpaired) electrons. The lowest BCUT2D eigenvalue weighted by Crippen LogP contribution is -2.28. The van der Waals surface area contributed by atoms with E-state index in [1.165, 1.54) is 25.3 Å². The van der Waals surface area contributed by atoms with Crippen LogP contribution in [-0.4, -0.2) is 29.8 Å². The number of esters is 1. The molecule has 2 rings (SSSR count). The van der Waals surface area contributed by atoms with Gasteiger partial charge in [0.1, 0.15) is 11.6 Å². The smallest absolute Gasteiger partial charge is 0.358 e. The van der Waals surface area contributed by atoms with E-state index in [1.807, 2.05) is 19.9 Å². The van der Waals surface area contributed by atoms with Crippen molar-refractivity contribution in [1.29, 1.82) is 0 Å². The molecule has 0 aliphatic rings. The molecule has 1 heterocycles. The summed E-state index contributed by atoms with van der Waals surface area (Å²) in [5.41, 5.74) is 0.752. The first kappa shape index (κ1) is 15.9. The van der Waals surface area contributed by atoms with Gasteiger partial charge in [0.2, 0.25) is 0 Å². The number of anilines is 1. The number of rotatable bonds is 5. The number of benzene rings is 1. The fraction of sp³-hybridized carbons (Fsp3) is 0.312. The van der Waals surface area contributed by atoms with E-state index in [-0.39, 0.29) is 16.9 Å². The first-order valence-electron chi connectivity index (χ1n) is 6.84. The Morgan fingerprint density at radius 1 is 1.27 bits per heavy atom. The number of nitrogens with one attached hydrogen (secondary N) is 1. The Balaban J connectivity index is 2.04. The minimum Gasteiger partial charge on any atom is -0.464 e. The Bertz CT molecular complexity index is 657. The van der Waals surface area contributed by atoms with Crippen LogP contribution in [0.3, 0.4) is 0 Å². The summed E-state index contributed by atoms with van der Waals surface area (Å²) in [5.74, 6) is -0.246. The molecule has 0 bridgehead atoms. The highest BCUT2D eigenvalue weighted by molar-refractivity contribution is 5.86. The molecule has 2 aromatic rings. The highest BCUT2D eigenvalue weighted by atomic mass is 19.1. The van der Waals surface area contributed by atoms with Crippen LogP contribution in [0.4, 0.5) is 10.2 Å². The van der Waals surface area contributed by atoms with Gasteiger partial charge < -0.3 is 10.1 Å². The minimum atomic E-state index is -0.529. The van der Waals surface area contributed by atoms with Crippen LogP contribution < -0.4 is 5.32 Å². The fourth-order valence-corrected chi connectivity index (χ4v) is 1.96. The lowest BCUT2D eigenvalue weighted by atomic mass is 9.84. The van der Waals surface area contributed by atoms with E-state index >= 15 is 0 Å². The number of nitrogens with zero attached hydrogens (tertiary/aromatic N) is 2. The maximum atomic E-state index is 13.3. The zero-order valence-corrected chi connectivity index (χ0v) is 12.8. The van der Waals surface area contributed by atoms with Crippen LogP contribution in [0.2, 0.25) is 0 Å². The summed E-state index contributed by atoms with van der Waals surface area (Å²) < 4.78 is 17.9. The van der Waals surface area contributed by atoms with Gasteiger partial charge in [0, 0.05) is 12.0 Å². The Labute approximate surface area is 128 Å². The number of carbonyl (C=O) groups is 1. The number of aromatic nitrogens is 2. The van der Waals surface area contributed by atoms with Crippen molar-refractivity contribution in [2.24, 2.45) is 0 Å². The lowest BCUT2D eigenvalue weighted by molar-refractivity contribution is 0.0592. The molecule has 6 heteroatoms. The van der Waals surface area contributed by atoms with Gasteiger partial charge in [0.15, 0.2) is 5.69 Å². The van der Waals surface area contributed by atoms with Crippen LogP contribution in [0.25, 0.3) is 0 Å². The summed E-state index contributed by atoms with van der Waals surface area (Å²) in [5, 5.41) is 10.9. The molecule has 0 amide bonds. The van der Waals surface area contributed by atoms with Crippen LogP contribution in [0.15, 0.2) is 36.4 Å². The SMILES string of the molecule is COC(=O)c1ccc(NCC(C)(C)c2cccc(F)c2)nn1. The lowest BCUT2D eigenvalue weighted by Gasteiger charge is -2.25. The molecule has 1 N–H and O–H groups in total. The van der Waals surface area contributed by atoms with Gasteiger partial charge in [0.05, 0.1) is 7.11 Å². The third-order valence-electron chi connectivity index (χ3n) is 3.38. The molecule has 22 heavy (non-hydrogen) atoms. The topological polar surface area (TPSA) is 64.1 Å². The van der Waals surface area contributed by atoms with E-state index in [4.69, 9.17) is 0 Å². The van der Waals surface area contributed by atoms with E-state index in [0.717, 1.165) is 5.56 Å². The summed E-state index contributed by atoms with van der Waals surface area (Å²) in [6, 6.07) is 9.71. The van der Waals surface area contributed by atoms with Crippen LogP contribution in [-0.2, 0) is 10.2 Å². The average Bonchev–Trinajstić information content (AvgIpc) is 2.53. The molecule has 1 aromatic carbocycles. The molecule has 0 spiro atoms. The van der Waals surface area contributed by atoms with Gasteiger partial charge in [-0.05, 0) is 29.8 Å². The maximum Gasteiger partial charge on any atom is 0.358 e. The first-order valence-corrected chi connectivity index (χ1v) is 6.84. The standard InChI is InChI=1S/C16H18FN3O2/c1-16(2,11-5-4-6-12(17)9-11)10-18-14-8-7-13(19-20-14)15(21)22-3/h4-9H,10H2,1-3H3,(H,18,20). The van der Waals surface area contributed by atoms with E-state index in [1.54, 1.807) is 12.1 Å². The molecule has 0 aliphatic carbocycles. The maximum absolute atomic E-state index is 13.3. The monoisotopic (exact) mass is 303 g/mol. The number of halogens is 1. The molecule has 0 fully saturated rings. The van der Waals surface area contributed by atoms with E-state index < -0.39 is 5.97 Å². The molecule has 0 unspecified atom stereocenters. The van der Waals surface area contributed by atoms with Gasteiger partial charge in [-0.15, -0.1) is 10.2 Å². The predicted molar refractivity (Wildman–Crippen MR) is 81.3 cm³/mol. The highest BCUT2D eigenvalue weighted by Crippen LogP contribution is 2.24. The molecule has 0 aliphatic heterocycles. The van der Waals surface area contributed by atoms with Gasteiger partial charge >= 0.3 is 5.97 Å². The number of carbonyl (C=O) groups excluding carboxylic acids is 1. The second-order valence-corrected chi connectivity index (χ2v) is 5.54. The Morgan fingerprint density at radius 3 is 2.64 bits per heavy atom. The van der Waals surface area contributed by atoms with Gasteiger partial charge in [0.25, 0.3) is 0 Å². The number of hydrogen-bond acceptors (Lipinski definition) is 5. The van der Waals surface area contributed by atoms with Crippen molar-refractivity contribution in [3.63, 3.8) is 0 Å². The van der Waals surface area contributed by atoms with Crippen LogP contribution >= 0.6 is 0 Å². The second kappa shape index (κ2) is 6.51. The van der Waals surface area contributed by atoms with Crippen molar-refractivity contribution in [1.82, 2.24) is 10.2 Å². The molecular formula is C16H18FN3O2. The van der Waals surface area contributed by atoms with Crippen molar-refractivity contribution in [2.45, 2.75) is 19.3 Å². The summed E-state index contributed by atoms with van der Waals surface area (Å²) >= 11 is 0. The van der Waals surface area contributed by atoms with Crippen LogP contribution in [0, 0.1) is 5.82 Å². The molecule has 0 saturated heterocycles. The molecule has 1 aromatic heterocycles. The van der Waals surface area contributed by atoms with E-state index in [2.05, 4.69) is 20.3 Å². The molecular weight excluding hydrogens is 285 g/mol. The van der Waals surface area contributed by atoms with E-state index in [9.17, 15) is 9.18 Å². The largest absolute Gasteiger partial charge is 0.464 e. The fourth-order valence-electron chi connectivity index (χ4n) is 1.96. The minimum absolute atomic E-state index is 0.150. The van der Waals surface area contributed by atoms with Gasteiger partial charge in [-0.1, -0.05) is 26.0 Å². The molecule has 116 valence electrons. The molecule has 0 saturated carbocycles. The average molecular weight is 303 g/mol. The van der Waals surface area contributed by atoms with Gasteiger partial charge in [-0.3, -0.25) is 0 Å². The number of hydrogen-bond donors (Lipinski definition) is 1. The Morgan fingerprint density at radius 2 is 2.05 bits per heavy atom. The Hall–Kier alpha value is -2.50. The van der Waals surface area contributed by atoms with Crippen molar-refractivity contribution < 1.29 is 13.9 Å². The van der Waals surface area contributed by atoms with E-state index in [0.29, 0.717) is 12.4 Å². The quantitative estimate of drug-likeness (QED) is 0.861. The van der Waals surface area contributed by atoms with Crippen molar-refractivity contribution in [3.05, 3.63) is 53.5 Å². The summed E-state index contributed by atoms with van der Waals surface area (Å²) in [7, 11) is 1.29. The van der Waals surface area contributed by atoms with Crippen molar-refractivity contribution in [3.8, 4) is 0 Å². The van der Waals surface area contributed by atoms with Crippen LogP contribution in [0.1, 0.15) is 29.9 Å². The summed E-state index contributed by atoms with van der Waals surface area (Å²) in [4.78, 5) is 11.3. The zero-order valence-electron chi connectivity index (χ0n) is 12.8. The molecule has 0 atom stereocenters. The van der Waals surface area contributed by atoms with Gasteiger partial charge in [-0.2, -0.15) is 0 Å². The van der Waals surface area contributed by atoms with Gasteiger partial charge in [-0.25, -0.2) is 9.18 Å². The second-order valence-electron chi connectivity index (χ2n) is 5.54. The number of ether oxygens (including phenoxy) is 1. The molecule has 5 nitrogen and oxygen atoms in total. The van der Waals surface area contributed by atoms with Crippen molar-refractivity contribution >= 4 is 11.8 Å². The normalized spacial score (nSPS) is 11.1. The predicted octanol–water partition coefficient (Wildman–Crippen LogP) is 2.79. The summed E-state index contributed by atoms with van der Waals surface area (Å²) in [6.07, 6.45) is 0. The zero-order chi connectivity index (χ0) is 16.2. The summed E-state index contributed by atoms with van der Waals surface area (Å²) in [6.45, 7) is 4.55.